The van der Waals surface area contributed by atoms with Crippen molar-refractivity contribution < 1.29 is 18.7 Å². The average molecular weight is 446 g/mol. The first kappa shape index (κ1) is 19.9. The van der Waals surface area contributed by atoms with Crippen LogP contribution in [0.25, 0.3) is 5.69 Å². The zero-order chi connectivity index (χ0) is 20.3. The fraction of sp³-hybridized carbons (Fsp3) is 0.250. The Hall–Kier alpha value is -2.87. The normalized spacial score (nSPS) is 11.3. The van der Waals surface area contributed by atoms with E-state index < -0.39 is 18.5 Å². The van der Waals surface area contributed by atoms with Crippen LogP contribution in [0.1, 0.15) is 37.0 Å². The van der Waals surface area contributed by atoms with E-state index in [0.717, 1.165) is 11.4 Å². The van der Waals surface area contributed by atoms with Gasteiger partial charge >= 0.3 is 5.97 Å². The summed E-state index contributed by atoms with van der Waals surface area (Å²) in [6, 6.07) is 14.3. The Balaban J connectivity index is 1.74. The maximum Gasteiger partial charge on any atom is 0.374 e. The average Bonchev–Trinajstić information content (AvgIpc) is 3.27. The smallest absolute Gasteiger partial charge is 0.374 e. The summed E-state index contributed by atoms with van der Waals surface area (Å²) in [4.78, 5) is 24.2. The Morgan fingerprint density at radius 1 is 1.18 bits per heavy atom. The molecule has 1 N–H and O–H groups in total. The molecule has 0 aliphatic heterocycles. The Bertz CT molecular complexity index is 987. The number of para-hydroxylation sites is 1. The molecular weight excluding hydrogens is 426 g/mol. The lowest BCUT2D eigenvalue weighted by Gasteiger charge is -2.14. The number of hydrogen-bond acceptors (Lipinski definition) is 5. The van der Waals surface area contributed by atoms with Crippen LogP contribution in [0.4, 0.5) is 5.82 Å². The molecule has 7 nitrogen and oxygen atoms in total. The van der Waals surface area contributed by atoms with Crippen molar-refractivity contribution in [2.45, 2.75) is 26.2 Å². The molecule has 0 aliphatic carbocycles. The van der Waals surface area contributed by atoms with E-state index in [1.54, 1.807) is 10.7 Å². The fourth-order valence-corrected chi connectivity index (χ4v) is 2.71. The molecule has 0 fully saturated rings. The van der Waals surface area contributed by atoms with E-state index in [1.807, 2.05) is 57.2 Å². The van der Waals surface area contributed by atoms with Gasteiger partial charge in [-0.15, -0.1) is 0 Å². The van der Waals surface area contributed by atoms with E-state index in [4.69, 9.17) is 9.15 Å². The molecule has 0 aliphatic rings. The number of hydrogen-bond donors (Lipinski definition) is 1. The molecule has 0 radical (unpaired) electrons. The molecule has 3 rings (SSSR count). The van der Waals surface area contributed by atoms with Gasteiger partial charge in [-0.2, -0.15) is 5.10 Å². The summed E-state index contributed by atoms with van der Waals surface area (Å²) < 4.78 is 12.2. The number of carbonyl (C=O) groups is 2. The van der Waals surface area contributed by atoms with Crippen LogP contribution in [0.5, 0.6) is 0 Å². The van der Waals surface area contributed by atoms with Crippen LogP contribution in [-0.4, -0.2) is 28.3 Å². The second-order valence-corrected chi connectivity index (χ2v) is 7.92. The number of ether oxygens (including phenoxy) is 1. The second kappa shape index (κ2) is 8.02. The first-order valence-electron chi connectivity index (χ1n) is 8.62. The Morgan fingerprint density at radius 3 is 2.50 bits per heavy atom. The van der Waals surface area contributed by atoms with Crippen LogP contribution in [0.3, 0.4) is 0 Å². The summed E-state index contributed by atoms with van der Waals surface area (Å²) in [5, 5.41) is 7.38. The maximum atomic E-state index is 12.3. The van der Waals surface area contributed by atoms with E-state index in [0.29, 0.717) is 10.5 Å². The molecule has 0 saturated heterocycles. The van der Waals surface area contributed by atoms with Crippen LogP contribution in [0, 0.1) is 0 Å². The summed E-state index contributed by atoms with van der Waals surface area (Å²) >= 11 is 3.11. The number of furan rings is 1. The molecule has 0 bridgehead atoms. The highest BCUT2D eigenvalue weighted by Crippen LogP contribution is 2.26. The highest BCUT2D eigenvalue weighted by molar-refractivity contribution is 9.10. The molecule has 2 heterocycles. The third-order valence-electron chi connectivity index (χ3n) is 3.85. The van der Waals surface area contributed by atoms with Crippen LogP contribution in [0.2, 0.25) is 0 Å². The zero-order valence-corrected chi connectivity index (χ0v) is 17.3. The molecule has 28 heavy (non-hydrogen) atoms. The van der Waals surface area contributed by atoms with Crippen molar-refractivity contribution in [3.05, 3.63) is 64.7 Å². The van der Waals surface area contributed by atoms with Gasteiger partial charge in [0.15, 0.2) is 11.3 Å². The van der Waals surface area contributed by atoms with Crippen molar-refractivity contribution >= 4 is 33.6 Å². The van der Waals surface area contributed by atoms with Crippen LogP contribution in [-0.2, 0) is 14.9 Å². The predicted molar refractivity (Wildman–Crippen MR) is 108 cm³/mol. The maximum absolute atomic E-state index is 12.3. The summed E-state index contributed by atoms with van der Waals surface area (Å²) in [5.74, 6) is -0.675. The van der Waals surface area contributed by atoms with E-state index in [1.165, 1.54) is 6.07 Å². The van der Waals surface area contributed by atoms with Gasteiger partial charge in [-0.3, -0.25) is 4.79 Å². The van der Waals surface area contributed by atoms with Crippen LogP contribution < -0.4 is 5.32 Å². The van der Waals surface area contributed by atoms with Crippen molar-refractivity contribution in [1.29, 1.82) is 0 Å². The van der Waals surface area contributed by atoms with E-state index in [2.05, 4.69) is 26.3 Å². The molecule has 0 unspecified atom stereocenters. The highest BCUT2D eigenvalue weighted by Gasteiger charge is 2.22. The van der Waals surface area contributed by atoms with Crippen molar-refractivity contribution in [1.82, 2.24) is 9.78 Å². The number of amides is 1. The van der Waals surface area contributed by atoms with Crippen molar-refractivity contribution in [3.8, 4) is 5.69 Å². The molecule has 0 atom stereocenters. The van der Waals surface area contributed by atoms with Gasteiger partial charge in [0.2, 0.25) is 5.76 Å². The Morgan fingerprint density at radius 2 is 1.89 bits per heavy atom. The fourth-order valence-electron chi connectivity index (χ4n) is 2.41. The number of esters is 1. The molecule has 0 saturated carbocycles. The first-order chi connectivity index (χ1) is 13.2. The summed E-state index contributed by atoms with van der Waals surface area (Å²) in [7, 11) is 0. The van der Waals surface area contributed by atoms with Gasteiger partial charge in [0.25, 0.3) is 5.91 Å². The summed E-state index contributed by atoms with van der Waals surface area (Å²) in [6.45, 7) is 5.68. The van der Waals surface area contributed by atoms with Gasteiger partial charge < -0.3 is 14.5 Å². The lowest BCUT2D eigenvalue weighted by Crippen LogP contribution is -2.22. The van der Waals surface area contributed by atoms with Crippen LogP contribution >= 0.6 is 15.9 Å². The van der Waals surface area contributed by atoms with E-state index in [9.17, 15) is 9.59 Å². The molecule has 8 heteroatoms. The molecule has 1 amide bonds. The molecule has 0 spiro atoms. The minimum Gasteiger partial charge on any atom is -0.450 e. The van der Waals surface area contributed by atoms with Crippen molar-refractivity contribution in [2.75, 3.05) is 11.9 Å². The van der Waals surface area contributed by atoms with Crippen LogP contribution in [0.15, 0.2) is 57.6 Å². The van der Waals surface area contributed by atoms with Gasteiger partial charge in [-0.25, -0.2) is 9.48 Å². The van der Waals surface area contributed by atoms with Crippen molar-refractivity contribution in [3.63, 3.8) is 0 Å². The highest BCUT2D eigenvalue weighted by atomic mass is 79.9. The number of aromatic nitrogens is 2. The lowest BCUT2D eigenvalue weighted by atomic mass is 9.92. The minimum atomic E-state index is -0.715. The standard InChI is InChI=1S/C20H20BrN3O4/c1-20(2,3)15-11-17(24(23-15)13-7-5-4-6-8-13)22-18(25)12-27-19(26)14-9-10-16(21)28-14/h4-11H,12H2,1-3H3,(H,22,25). The van der Waals surface area contributed by atoms with Gasteiger partial charge in [0, 0.05) is 11.5 Å². The molecule has 1 aromatic carbocycles. The SMILES string of the molecule is CC(C)(C)c1cc(NC(=O)COC(=O)c2ccc(Br)o2)n(-c2ccccc2)n1. The summed E-state index contributed by atoms with van der Waals surface area (Å²) in [5.41, 5.74) is 1.44. The number of rotatable bonds is 5. The minimum absolute atomic E-state index is 0.0176. The summed E-state index contributed by atoms with van der Waals surface area (Å²) in [6.07, 6.45) is 0. The first-order valence-corrected chi connectivity index (χ1v) is 9.41. The lowest BCUT2D eigenvalue weighted by molar-refractivity contribution is -0.119. The second-order valence-electron chi connectivity index (χ2n) is 7.14. The van der Waals surface area contributed by atoms with Crippen molar-refractivity contribution in [2.24, 2.45) is 0 Å². The molecule has 2 aromatic heterocycles. The Kier molecular flexibility index (Phi) is 5.69. The number of carbonyl (C=O) groups excluding carboxylic acids is 2. The van der Waals surface area contributed by atoms with Gasteiger partial charge in [0.05, 0.1) is 11.4 Å². The monoisotopic (exact) mass is 445 g/mol. The predicted octanol–water partition coefficient (Wildman–Crippen LogP) is 4.32. The number of nitrogens with zero attached hydrogens (tertiary/aromatic N) is 2. The number of halogens is 1. The zero-order valence-electron chi connectivity index (χ0n) is 15.7. The molecular formula is C20H20BrN3O4. The van der Waals surface area contributed by atoms with Gasteiger partial charge in [-0.1, -0.05) is 39.0 Å². The topological polar surface area (TPSA) is 86.4 Å². The number of anilines is 1. The van der Waals surface area contributed by atoms with E-state index in [-0.39, 0.29) is 11.2 Å². The Labute approximate surface area is 170 Å². The third-order valence-corrected chi connectivity index (χ3v) is 4.28. The quantitative estimate of drug-likeness (QED) is 0.590. The third kappa shape index (κ3) is 4.69. The molecule has 146 valence electrons. The molecule has 3 aromatic rings. The van der Waals surface area contributed by atoms with Gasteiger partial charge in [0.1, 0.15) is 5.82 Å². The van der Waals surface area contributed by atoms with Gasteiger partial charge in [-0.05, 0) is 40.2 Å². The largest absolute Gasteiger partial charge is 0.450 e. The van der Waals surface area contributed by atoms with E-state index >= 15 is 0 Å². The number of benzene rings is 1. The number of nitrogens with one attached hydrogen (secondary N) is 1.